The van der Waals surface area contributed by atoms with Crippen molar-refractivity contribution < 1.29 is 14.3 Å². The highest BCUT2D eigenvalue weighted by molar-refractivity contribution is 5.77. The van der Waals surface area contributed by atoms with Gasteiger partial charge in [0.2, 0.25) is 0 Å². The van der Waals surface area contributed by atoms with Gasteiger partial charge in [0.15, 0.2) is 6.61 Å². The standard InChI is InChI=1S/C16H24N2O3/c1-13(2)17-11-14-4-3-5-15(10-14)21-12-16(19)18-6-8-20-9-7-18/h3-5,10,13,17H,6-9,11-12H2,1-2H3. The summed E-state index contributed by atoms with van der Waals surface area (Å²) in [7, 11) is 0. The van der Waals surface area contributed by atoms with Gasteiger partial charge in [-0.05, 0) is 17.7 Å². The Kier molecular flexibility index (Phi) is 6.02. The summed E-state index contributed by atoms with van der Waals surface area (Å²) < 4.78 is 10.8. The number of ether oxygens (including phenoxy) is 2. The first-order valence-electron chi connectivity index (χ1n) is 7.46. The molecule has 0 atom stereocenters. The molecule has 1 heterocycles. The normalized spacial score (nSPS) is 15.3. The number of morpholine rings is 1. The lowest BCUT2D eigenvalue weighted by Gasteiger charge is -2.26. The molecule has 1 saturated heterocycles. The molecule has 0 radical (unpaired) electrons. The van der Waals surface area contributed by atoms with Gasteiger partial charge in [-0.3, -0.25) is 4.79 Å². The predicted octanol–water partition coefficient (Wildman–Crippen LogP) is 1.42. The van der Waals surface area contributed by atoms with Crippen LogP contribution in [0.4, 0.5) is 0 Å². The summed E-state index contributed by atoms with van der Waals surface area (Å²) in [5.41, 5.74) is 1.15. The van der Waals surface area contributed by atoms with E-state index in [2.05, 4.69) is 19.2 Å². The maximum Gasteiger partial charge on any atom is 0.260 e. The van der Waals surface area contributed by atoms with Gasteiger partial charge in [0.25, 0.3) is 5.91 Å². The van der Waals surface area contributed by atoms with Crippen molar-refractivity contribution in [2.45, 2.75) is 26.4 Å². The second kappa shape index (κ2) is 8.00. The Morgan fingerprint density at radius 1 is 1.38 bits per heavy atom. The van der Waals surface area contributed by atoms with Crippen LogP contribution in [-0.2, 0) is 16.1 Å². The molecule has 116 valence electrons. The summed E-state index contributed by atoms with van der Waals surface area (Å²) in [6.07, 6.45) is 0. The Morgan fingerprint density at radius 2 is 2.14 bits per heavy atom. The third-order valence-corrected chi connectivity index (χ3v) is 3.34. The molecule has 0 spiro atoms. The quantitative estimate of drug-likeness (QED) is 0.861. The summed E-state index contributed by atoms with van der Waals surface area (Å²) in [6, 6.07) is 8.29. The van der Waals surface area contributed by atoms with Crippen LogP contribution in [0.1, 0.15) is 19.4 Å². The van der Waals surface area contributed by atoms with Crippen molar-refractivity contribution in [3.8, 4) is 5.75 Å². The minimum atomic E-state index is 0.0176. The average Bonchev–Trinajstić information content (AvgIpc) is 2.52. The summed E-state index contributed by atoms with van der Waals surface area (Å²) in [6.45, 7) is 7.64. The lowest BCUT2D eigenvalue weighted by Crippen LogP contribution is -2.42. The third kappa shape index (κ3) is 5.36. The SMILES string of the molecule is CC(C)NCc1cccc(OCC(=O)N2CCOCC2)c1. The van der Waals surface area contributed by atoms with E-state index in [9.17, 15) is 4.79 Å². The van der Waals surface area contributed by atoms with Crippen molar-refractivity contribution >= 4 is 5.91 Å². The summed E-state index contributed by atoms with van der Waals surface area (Å²) >= 11 is 0. The van der Waals surface area contributed by atoms with Crippen LogP contribution in [0.5, 0.6) is 5.75 Å². The maximum atomic E-state index is 12.0. The molecule has 1 aliphatic rings. The molecule has 0 aromatic heterocycles. The number of benzene rings is 1. The van der Waals surface area contributed by atoms with Gasteiger partial charge in [-0.25, -0.2) is 0 Å². The average molecular weight is 292 g/mol. The smallest absolute Gasteiger partial charge is 0.260 e. The van der Waals surface area contributed by atoms with Crippen LogP contribution in [0.25, 0.3) is 0 Å². The van der Waals surface area contributed by atoms with E-state index in [0.717, 1.165) is 17.9 Å². The van der Waals surface area contributed by atoms with Gasteiger partial charge in [-0.15, -0.1) is 0 Å². The molecule has 1 fully saturated rings. The number of nitrogens with zero attached hydrogens (tertiary/aromatic N) is 1. The Hall–Kier alpha value is -1.59. The van der Waals surface area contributed by atoms with E-state index in [0.29, 0.717) is 32.3 Å². The van der Waals surface area contributed by atoms with Crippen molar-refractivity contribution in [3.63, 3.8) is 0 Å². The summed E-state index contributed by atoms with van der Waals surface area (Å²) in [5.74, 6) is 0.753. The Morgan fingerprint density at radius 3 is 2.86 bits per heavy atom. The number of rotatable bonds is 6. The number of carbonyl (C=O) groups is 1. The van der Waals surface area contributed by atoms with E-state index in [1.54, 1.807) is 4.90 Å². The number of carbonyl (C=O) groups excluding carboxylic acids is 1. The molecule has 1 aromatic rings. The van der Waals surface area contributed by atoms with Gasteiger partial charge in [0.05, 0.1) is 13.2 Å². The lowest BCUT2D eigenvalue weighted by molar-refractivity contribution is -0.137. The van der Waals surface area contributed by atoms with Crippen LogP contribution in [0.15, 0.2) is 24.3 Å². The largest absolute Gasteiger partial charge is 0.484 e. The van der Waals surface area contributed by atoms with Crippen LogP contribution < -0.4 is 10.1 Å². The maximum absolute atomic E-state index is 12.0. The molecular weight excluding hydrogens is 268 g/mol. The number of hydrogen-bond donors (Lipinski definition) is 1. The number of nitrogens with one attached hydrogen (secondary N) is 1. The van der Waals surface area contributed by atoms with E-state index < -0.39 is 0 Å². The number of amides is 1. The van der Waals surface area contributed by atoms with Gasteiger partial charge in [0, 0.05) is 25.7 Å². The Balaban J connectivity index is 1.82. The lowest BCUT2D eigenvalue weighted by atomic mass is 10.2. The zero-order valence-electron chi connectivity index (χ0n) is 12.8. The zero-order chi connectivity index (χ0) is 15.1. The topological polar surface area (TPSA) is 50.8 Å². The first kappa shape index (κ1) is 15.8. The van der Waals surface area contributed by atoms with Gasteiger partial charge >= 0.3 is 0 Å². The molecular formula is C16H24N2O3. The molecule has 1 aliphatic heterocycles. The zero-order valence-corrected chi connectivity index (χ0v) is 12.8. The second-order valence-corrected chi connectivity index (χ2v) is 5.46. The predicted molar refractivity (Wildman–Crippen MR) is 81.3 cm³/mol. The van der Waals surface area contributed by atoms with E-state index in [1.165, 1.54) is 0 Å². The van der Waals surface area contributed by atoms with Crippen molar-refractivity contribution in [1.29, 1.82) is 0 Å². The van der Waals surface area contributed by atoms with Crippen molar-refractivity contribution in [2.24, 2.45) is 0 Å². The van der Waals surface area contributed by atoms with Crippen LogP contribution >= 0.6 is 0 Å². The monoisotopic (exact) mass is 292 g/mol. The third-order valence-electron chi connectivity index (χ3n) is 3.34. The van der Waals surface area contributed by atoms with Crippen LogP contribution in [0.3, 0.4) is 0 Å². The minimum absolute atomic E-state index is 0.0176. The number of hydrogen-bond acceptors (Lipinski definition) is 4. The highest BCUT2D eigenvalue weighted by Gasteiger charge is 2.17. The molecule has 0 bridgehead atoms. The fraction of sp³-hybridized carbons (Fsp3) is 0.562. The highest BCUT2D eigenvalue weighted by atomic mass is 16.5. The first-order valence-corrected chi connectivity index (χ1v) is 7.46. The van der Waals surface area contributed by atoms with Crippen LogP contribution in [0.2, 0.25) is 0 Å². The van der Waals surface area contributed by atoms with E-state index in [1.807, 2.05) is 24.3 Å². The van der Waals surface area contributed by atoms with Crippen LogP contribution in [0, 0.1) is 0 Å². The van der Waals surface area contributed by atoms with Gasteiger partial charge in [0.1, 0.15) is 5.75 Å². The Labute approximate surface area is 126 Å². The van der Waals surface area contributed by atoms with E-state index in [4.69, 9.17) is 9.47 Å². The minimum Gasteiger partial charge on any atom is -0.484 e. The molecule has 2 rings (SSSR count). The Bertz CT molecular complexity index is 457. The molecule has 1 N–H and O–H groups in total. The fourth-order valence-electron chi connectivity index (χ4n) is 2.12. The fourth-order valence-corrected chi connectivity index (χ4v) is 2.12. The molecule has 0 aliphatic carbocycles. The molecule has 5 nitrogen and oxygen atoms in total. The van der Waals surface area contributed by atoms with Crippen molar-refractivity contribution in [3.05, 3.63) is 29.8 Å². The van der Waals surface area contributed by atoms with Crippen molar-refractivity contribution in [1.82, 2.24) is 10.2 Å². The van der Waals surface area contributed by atoms with Crippen molar-refractivity contribution in [2.75, 3.05) is 32.9 Å². The molecule has 1 aromatic carbocycles. The van der Waals surface area contributed by atoms with E-state index >= 15 is 0 Å². The molecule has 5 heteroatoms. The molecule has 0 saturated carbocycles. The summed E-state index contributed by atoms with van der Waals surface area (Å²) in [4.78, 5) is 13.8. The molecule has 0 unspecified atom stereocenters. The van der Waals surface area contributed by atoms with Gasteiger partial charge < -0.3 is 19.7 Å². The van der Waals surface area contributed by atoms with E-state index in [-0.39, 0.29) is 12.5 Å². The second-order valence-electron chi connectivity index (χ2n) is 5.46. The van der Waals surface area contributed by atoms with Gasteiger partial charge in [-0.2, -0.15) is 0 Å². The van der Waals surface area contributed by atoms with Gasteiger partial charge in [-0.1, -0.05) is 26.0 Å². The van der Waals surface area contributed by atoms with Crippen LogP contribution in [-0.4, -0.2) is 49.8 Å². The molecule has 1 amide bonds. The molecule has 21 heavy (non-hydrogen) atoms. The highest BCUT2D eigenvalue weighted by Crippen LogP contribution is 2.13. The summed E-state index contributed by atoms with van der Waals surface area (Å²) in [5, 5.41) is 3.36. The first-order chi connectivity index (χ1) is 10.1.